The molecule has 2 aliphatic rings. The Balaban J connectivity index is 1.90. The molecule has 1 atom stereocenters. The van der Waals surface area contributed by atoms with Crippen molar-refractivity contribution in [3.63, 3.8) is 0 Å². The monoisotopic (exact) mass is 269 g/mol. The quantitative estimate of drug-likeness (QED) is 0.683. The normalized spacial score (nSPS) is 29.0. The van der Waals surface area contributed by atoms with Crippen molar-refractivity contribution in [2.45, 2.75) is 71.1 Å². The van der Waals surface area contributed by atoms with Gasteiger partial charge in [0, 0.05) is 6.04 Å². The lowest BCUT2D eigenvalue weighted by atomic mass is 9.95. The molecule has 4 heteroatoms. The van der Waals surface area contributed by atoms with E-state index in [9.17, 15) is 0 Å². The summed E-state index contributed by atoms with van der Waals surface area (Å²) >= 11 is 0. The van der Waals surface area contributed by atoms with Crippen LogP contribution in [0.25, 0.3) is 0 Å². The minimum absolute atomic E-state index is 0.107. The van der Waals surface area contributed by atoms with Crippen molar-refractivity contribution in [1.29, 1.82) is 0 Å². The molecular formula is C14H31N3Si. The number of unbranched alkanes of at least 4 members (excludes halogenated alkanes) is 1. The van der Waals surface area contributed by atoms with Crippen molar-refractivity contribution in [2.24, 2.45) is 0 Å². The largest absolute Gasteiger partial charge is 0.289 e. The van der Waals surface area contributed by atoms with Crippen LogP contribution in [0.3, 0.4) is 0 Å². The number of rotatable bonds is 6. The lowest BCUT2D eigenvalue weighted by molar-refractivity contribution is -0.0547. The zero-order valence-electron chi connectivity index (χ0n) is 12.6. The predicted molar refractivity (Wildman–Crippen MR) is 81.0 cm³/mol. The maximum Gasteiger partial charge on any atom is 0.177 e. The number of hydrogen-bond acceptors (Lipinski definition) is 3. The van der Waals surface area contributed by atoms with Gasteiger partial charge in [0.2, 0.25) is 0 Å². The molecule has 0 N–H and O–H groups in total. The van der Waals surface area contributed by atoms with Crippen LogP contribution in [0.5, 0.6) is 0 Å². The first-order valence-electron chi connectivity index (χ1n) is 7.98. The van der Waals surface area contributed by atoms with E-state index in [4.69, 9.17) is 0 Å². The molecule has 0 amide bonds. The smallest absolute Gasteiger partial charge is 0.177 e. The molecule has 0 aromatic rings. The average molecular weight is 270 g/mol. The molecule has 3 nitrogen and oxygen atoms in total. The topological polar surface area (TPSA) is 9.72 Å². The summed E-state index contributed by atoms with van der Waals surface area (Å²) < 4.78 is 5.68. The van der Waals surface area contributed by atoms with E-state index >= 15 is 0 Å². The van der Waals surface area contributed by atoms with Crippen LogP contribution in [0.4, 0.5) is 0 Å². The van der Waals surface area contributed by atoms with E-state index in [-0.39, 0.29) is 9.84 Å². The van der Waals surface area contributed by atoms with Crippen molar-refractivity contribution in [3.8, 4) is 0 Å². The molecule has 18 heavy (non-hydrogen) atoms. The Hall–Kier alpha value is 0.0969. The first kappa shape index (κ1) is 14.5. The number of nitrogens with zero attached hydrogens (tertiary/aromatic N) is 3. The minimum atomic E-state index is -0.107. The van der Waals surface area contributed by atoms with Crippen LogP contribution in [0.15, 0.2) is 0 Å². The molecule has 1 aliphatic heterocycles. The third-order valence-corrected chi connectivity index (χ3v) is 6.88. The summed E-state index contributed by atoms with van der Waals surface area (Å²) in [5.74, 6) is 0. The number of hydrogen-bond donors (Lipinski definition) is 0. The van der Waals surface area contributed by atoms with Gasteiger partial charge in [-0.1, -0.05) is 39.5 Å². The highest BCUT2D eigenvalue weighted by molar-refractivity contribution is 6.32. The Morgan fingerprint density at radius 3 is 2.50 bits per heavy atom. The van der Waals surface area contributed by atoms with Crippen molar-refractivity contribution in [3.05, 3.63) is 0 Å². The lowest BCUT2D eigenvalue weighted by Crippen LogP contribution is -2.74. The molecule has 1 saturated carbocycles. The van der Waals surface area contributed by atoms with Crippen molar-refractivity contribution >= 4 is 9.84 Å². The van der Waals surface area contributed by atoms with E-state index < -0.39 is 0 Å². The van der Waals surface area contributed by atoms with Gasteiger partial charge >= 0.3 is 0 Å². The third kappa shape index (κ3) is 3.16. The van der Waals surface area contributed by atoms with Crippen LogP contribution < -0.4 is 0 Å². The van der Waals surface area contributed by atoms with Gasteiger partial charge in [-0.2, -0.15) is 0 Å². The van der Waals surface area contributed by atoms with Crippen LogP contribution in [-0.2, 0) is 0 Å². The average Bonchev–Trinajstić information content (AvgIpc) is 2.38. The van der Waals surface area contributed by atoms with Crippen LogP contribution >= 0.6 is 0 Å². The van der Waals surface area contributed by atoms with E-state index in [1.54, 1.807) is 0 Å². The molecule has 0 aromatic heterocycles. The van der Waals surface area contributed by atoms with Gasteiger partial charge in [-0.3, -0.25) is 14.0 Å². The Morgan fingerprint density at radius 1 is 1.17 bits per heavy atom. The highest BCUT2D eigenvalue weighted by Gasteiger charge is 2.42. The molecule has 2 fully saturated rings. The van der Waals surface area contributed by atoms with Gasteiger partial charge in [0.25, 0.3) is 0 Å². The Morgan fingerprint density at radius 2 is 1.89 bits per heavy atom. The van der Waals surface area contributed by atoms with E-state index in [0.29, 0.717) is 6.29 Å². The summed E-state index contributed by atoms with van der Waals surface area (Å²) in [6.07, 6.45) is 10.7. The van der Waals surface area contributed by atoms with Gasteiger partial charge in [0.05, 0.1) is 0 Å². The molecule has 1 aliphatic carbocycles. The first-order valence-corrected chi connectivity index (χ1v) is 9.24. The Labute approximate surface area is 115 Å². The predicted octanol–water partition coefficient (Wildman–Crippen LogP) is 1.97. The lowest BCUT2D eigenvalue weighted by Gasteiger charge is -2.58. The van der Waals surface area contributed by atoms with Crippen LogP contribution in [-0.4, -0.2) is 56.3 Å². The van der Waals surface area contributed by atoms with Crippen molar-refractivity contribution < 1.29 is 0 Å². The molecule has 0 aromatic carbocycles. The Kier molecular flexibility index (Phi) is 5.67. The van der Waals surface area contributed by atoms with E-state index in [2.05, 4.69) is 34.9 Å². The first-order chi connectivity index (χ1) is 8.77. The van der Waals surface area contributed by atoms with Crippen LogP contribution in [0.1, 0.15) is 58.8 Å². The summed E-state index contributed by atoms with van der Waals surface area (Å²) in [6, 6.07) is 0.919. The van der Waals surface area contributed by atoms with Gasteiger partial charge in [-0.15, -0.1) is 0 Å². The second-order valence-corrected chi connectivity index (χ2v) is 7.86. The molecule has 1 heterocycles. The van der Waals surface area contributed by atoms with Crippen molar-refractivity contribution in [2.75, 3.05) is 20.1 Å². The van der Waals surface area contributed by atoms with Crippen LogP contribution in [0.2, 0.25) is 0 Å². The SMILES string of the molecule is CCCCN1[SiH2]N(C2CCCCC2)C1N(C)CC. The van der Waals surface area contributed by atoms with Crippen molar-refractivity contribution in [1.82, 2.24) is 14.0 Å². The van der Waals surface area contributed by atoms with Gasteiger partial charge in [0.15, 0.2) is 9.84 Å². The molecule has 1 unspecified atom stereocenters. The van der Waals surface area contributed by atoms with Crippen LogP contribution in [0, 0.1) is 0 Å². The third-order valence-electron chi connectivity index (χ3n) is 4.70. The van der Waals surface area contributed by atoms with Gasteiger partial charge in [-0.05, 0) is 39.4 Å². The minimum Gasteiger partial charge on any atom is -0.289 e. The highest BCUT2D eigenvalue weighted by atomic mass is 28.2. The van der Waals surface area contributed by atoms with Gasteiger partial charge in [0.1, 0.15) is 6.29 Å². The van der Waals surface area contributed by atoms with Gasteiger partial charge in [-0.25, -0.2) is 0 Å². The molecule has 0 radical (unpaired) electrons. The molecule has 2 rings (SSSR count). The molecule has 1 saturated heterocycles. The zero-order chi connectivity index (χ0) is 13.0. The Bertz CT molecular complexity index is 243. The fourth-order valence-corrected chi connectivity index (χ4v) is 5.79. The molecule has 0 spiro atoms. The van der Waals surface area contributed by atoms with E-state index in [1.807, 2.05) is 0 Å². The maximum absolute atomic E-state index is 2.89. The standard InChI is InChI=1S/C14H31N3Si/c1-4-6-12-16-14(15(3)5-2)17(18-16)13-10-8-7-9-11-13/h13-14H,4-12,18H2,1-3H3. The summed E-state index contributed by atoms with van der Waals surface area (Å²) in [7, 11) is 2.19. The molecular weight excluding hydrogens is 238 g/mol. The summed E-state index contributed by atoms with van der Waals surface area (Å²) in [5, 5.41) is 0. The van der Waals surface area contributed by atoms with E-state index in [1.165, 1.54) is 58.0 Å². The highest BCUT2D eigenvalue weighted by Crippen LogP contribution is 2.30. The summed E-state index contributed by atoms with van der Waals surface area (Å²) in [4.78, 5) is 2.54. The van der Waals surface area contributed by atoms with Gasteiger partial charge < -0.3 is 0 Å². The molecule has 106 valence electrons. The second kappa shape index (κ2) is 7.03. The molecule has 0 bridgehead atoms. The summed E-state index contributed by atoms with van der Waals surface area (Å²) in [6.45, 7) is 7.10. The fraction of sp³-hybridized carbons (Fsp3) is 1.00. The summed E-state index contributed by atoms with van der Waals surface area (Å²) in [5.41, 5.74) is 0. The zero-order valence-corrected chi connectivity index (χ0v) is 14.0. The second-order valence-electron chi connectivity index (χ2n) is 6.03. The fourth-order valence-electron chi connectivity index (χ4n) is 3.43. The maximum atomic E-state index is 2.89. The van der Waals surface area contributed by atoms with E-state index in [0.717, 1.165) is 6.04 Å².